The zero-order valence-corrected chi connectivity index (χ0v) is 13.9. The minimum atomic E-state index is 0.155. The summed E-state index contributed by atoms with van der Waals surface area (Å²) in [5, 5.41) is 6.56. The van der Waals surface area contributed by atoms with Crippen molar-refractivity contribution in [1.82, 2.24) is 10.6 Å². The number of carbonyl (C=O) groups is 1. The van der Waals surface area contributed by atoms with E-state index in [1.165, 1.54) is 31.2 Å². The topological polar surface area (TPSA) is 41.1 Å². The molecule has 0 aromatic heterocycles. The van der Waals surface area contributed by atoms with Gasteiger partial charge in [-0.3, -0.25) is 4.79 Å². The van der Waals surface area contributed by atoms with Gasteiger partial charge in [0.25, 0.3) is 0 Å². The molecule has 1 unspecified atom stereocenters. The minimum absolute atomic E-state index is 0.155. The molecule has 2 fully saturated rings. The molecule has 1 aromatic rings. The molecule has 1 aromatic carbocycles. The van der Waals surface area contributed by atoms with Gasteiger partial charge >= 0.3 is 0 Å². The van der Waals surface area contributed by atoms with Crippen LogP contribution < -0.4 is 10.6 Å². The van der Waals surface area contributed by atoms with Crippen LogP contribution in [-0.2, 0) is 10.2 Å². The molecular weight excluding hydrogens is 328 g/mol. The Hall–Kier alpha value is -0.870. The molecule has 114 valence electrons. The first kappa shape index (κ1) is 15.0. The highest BCUT2D eigenvalue weighted by Gasteiger charge is 2.39. The predicted octanol–water partition coefficient (Wildman–Crippen LogP) is 3.13. The molecule has 3 rings (SSSR count). The van der Waals surface area contributed by atoms with Crippen LogP contribution in [0.4, 0.5) is 0 Å². The van der Waals surface area contributed by atoms with Crippen molar-refractivity contribution in [3.8, 4) is 0 Å². The van der Waals surface area contributed by atoms with E-state index in [2.05, 4.69) is 50.8 Å². The van der Waals surface area contributed by atoms with Gasteiger partial charge in [0, 0.05) is 28.9 Å². The predicted molar refractivity (Wildman–Crippen MR) is 88.3 cm³/mol. The lowest BCUT2D eigenvalue weighted by Gasteiger charge is -2.42. The van der Waals surface area contributed by atoms with Crippen LogP contribution in [0.2, 0.25) is 0 Å². The number of carbonyl (C=O) groups excluding carboxylic acids is 1. The van der Waals surface area contributed by atoms with E-state index >= 15 is 0 Å². The van der Waals surface area contributed by atoms with Crippen LogP contribution in [0, 0.1) is 0 Å². The van der Waals surface area contributed by atoms with E-state index in [1.54, 1.807) is 0 Å². The van der Waals surface area contributed by atoms with E-state index in [4.69, 9.17) is 0 Å². The average molecular weight is 351 g/mol. The van der Waals surface area contributed by atoms with Crippen molar-refractivity contribution in [2.24, 2.45) is 0 Å². The zero-order chi connectivity index (χ0) is 14.7. The molecule has 1 heterocycles. The quantitative estimate of drug-likeness (QED) is 0.856. The highest BCUT2D eigenvalue weighted by atomic mass is 79.9. The van der Waals surface area contributed by atoms with Crippen molar-refractivity contribution in [2.75, 3.05) is 13.1 Å². The number of amides is 1. The second-order valence-electron chi connectivity index (χ2n) is 6.42. The monoisotopic (exact) mass is 350 g/mol. The molecule has 1 aliphatic heterocycles. The Labute approximate surface area is 135 Å². The first-order valence-electron chi connectivity index (χ1n) is 7.94. The van der Waals surface area contributed by atoms with Gasteiger partial charge in [-0.15, -0.1) is 0 Å². The summed E-state index contributed by atoms with van der Waals surface area (Å²) in [5.41, 5.74) is 1.50. The summed E-state index contributed by atoms with van der Waals surface area (Å²) >= 11 is 3.55. The van der Waals surface area contributed by atoms with Crippen LogP contribution in [0.3, 0.4) is 0 Å². The van der Waals surface area contributed by atoms with E-state index in [9.17, 15) is 4.79 Å². The molecule has 21 heavy (non-hydrogen) atoms. The van der Waals surface area contributed by atoms with Crippen LogP contribution >= 0.6 is 15.9 Å². The lowest BCUT2D eigenvalue weighted by molar-refractivity contribution is -0.122. The smallest absolute Gasteiger partial charge is 0.221 e. The summed E-state index contributed by atoms with van der Waals surface area (Å²) in [6.45, 7) is 1.83. The summed E-state index contributed by atoms with van der Waals surface area (Å²) in [6.07, 6.45) is 6.54. The van der Waals surface area contributed by atoms with Gasteiger partial charge in [0.2, 0.25) is 5.91 Å². The Morgan fingerprint density at radius 3 is 2.86 bits per heavy atom. The third-order valence-corrected chi connectivity index (χ3v) is 5.46. The minimum Gasteiger partial charge on any atom is -0.355 e. The van der Waals surface area contributed by atoms with Crippen LogP contribution in [0.5, 0.6) is 0 Å². The molecule has 3 nitrogen and oxygen atoms in total. The lowest BCUT2D eigenvalue weighted by Crippen LogP contribution is -2.46. The fourth-order valence-electron chi connectivity index (χ4n) is 3.48. The molecule has 0 spiro atoms. The molecule has 2 aliphatic rings. The molecule has 2 N–H and O–H groups in total. The standard InChI is InChI=1S/C17H23BrN2O/c18-14-5-1-4-13(10-14)17(7-3-8-17)12-20-16(21)11-15-6-2-9-19-15/h1,4-5,10,15,19H,2-3,6-9,11-12H2,(H,20,21). The van der Waals surface area contributed by atoms with Gasteiger partial charge in [-0.05, 0) is 49.9 Å². The SMILES string of the molecule is O=C(CC1CCCN1)NCC1(c2cccc(Br)c2)CCC1. The van der Waals surface area contributed by atoms with Crippen molar-refractivity contribution in [2.45, 2.75) is 50.0 Å². The van der Waals surface area contributed by atoms with Crippen molar-refractivity contribution in [3.05, 3.63) is 34.3 Å². The first-order chi connectivity index (χ1) is 10.2. The van der Waals surface area contributed by atoms with Crippen molar-refractivity contribution >= 4 is 21.8 Å². The third-order valence-electron chi connectivity index (χ3n) is 4.97. The Bertz CT molecular complexity index is 507. The molecule has 1 saturated carbocycles. The van der Waals surface area contributed by atoms with Gasteiger partial charge in [-0.1, -0.05) is 34.5 Å². The number of hydrogen-bond acceptors (Lipinski definition) is 2. The fraction of sp³-hybridized carbons (Fsp3) is 0.588. The van der Waals surface area contributed by atoms with Crippen molar-refractivity contribution in [3.63, 3.8) is 0 Å². The largest absolute Gasteiger partial charge is 0.355 e. The van der Waals surface area contributed by atoms with E-state index in [0.717, 1.165) is 24.0 Å². The summed E-state index contributed by atoms with van der Waals surface area (Å²) in [4.78, 5) is 12.1. The number of benzene rings is 1. The second kappa shape index (κ2) is 6.49. The number of rotatable bonds is 5. The summed E-state index contributed by atoms with van der Waals surface area (Å²) in [6, 6.07) is 8.91. The maximum absolute atomic E-state index is 12.1. The Balaban J connectivity index is 1.58. The van der Waals surface area contributed by atoms with E-state index in [1.807, 2.05) is 0 Å². The van der Waals surface area contributed by atoms with E-state index in [-0.39, 0.29) is 11.3 Å². The van der Waals surface area contributed by atoms with E-state index < -0.39 is 0 Å². The molecule has 1 aliphatic carbocycles. The second-order valence-corrected chi connectivity index (χ2v) is 7.33. The summed E-state index contributed by atoms with van der Waals surface area (Å²) < 4.78 is 1.12. The fourth-order valence-corrected chi connectivity index (χ4v) is 3.88. The molecule has 1 atom stereocenters. The maximum Gasteiger partial charge on any atom is 0.221 e. The average Bonchev–Trinajstić information content (AvgIpc) is 2.90. The lowest BCUT2D eigenvalue weighted by atomic mass is 9.64. The van der Waals surface area contributed by atoms with Crippen LogP contribution in [-0.4, -0.2) is 25.0 Å². The summed E-state index contributed by atoms with van der Waals surface area (Å²) in [5.74, 6) is 0.190. The van der Waals surface area contributed by atoms with Gasteiger partial charge in [-0.2, -0.15) is 0 Å². The molecule has 4 heteroatoms. The summed E-state index contributed by atoms with van der Waals surface area (Å²) in [7, 11) is 0. The van der Waals surface area contributed by atoms with Gasteiger partial charge in [-0.25, -0.2) is 0 Å². The number of halogens is 1. The van der Waals surface area contributed by atoms with E-state index in [0.29, 0.717) is 12.5 Å². The number of hydrogen-bond donors (Lipinski definition) is 2. The van der Waals surface area contributed by atoms with Crippen molar-refractivity contribution < 1.29 is 4.79 Å². The first-order valence-corrected chi connectivity index (χ1v) is 8.73. The van der Waals surface area contributed by atoms with Crippen molar-refractivity contribution in [1.29, 1.82) is 0 Å². The maximum atomic E-state index is 12.1. The highest BCUT2D eigenvalue weighted by molar-refractivity contribution is 9.10. The molecule has 0 radical (unpaired) electrons. The van der Waals surface area contributed by atoms with Gasteiger partial charge < -0.3 is 10.6 Å². The Kier molecular flexibility index (Phi) is 4.65. The normalized spacial score (nSPS) is 23.6. The van der Waals surface area contributed by atoms with Gasteiger partial charge in [0.05, 0.1) is 0 Å². The number of nitrogens with one attached hydrogen (secondary N) is 2. The molecule has 1 amide bonds. The van der Waals surface area contributed by atoms with Crippen LogP contribution in [0.1, 0.15) is 44.1 Å². The molecule has 1 saturated heterocycles. The van der Waals surface area contributed by atoms with Gasteiger partial charge in [0.15, 0.2) is 0 Å². The molecule has 0 bridgehead atoms. The van der Waals surface area contributed by atoms with Crippen LogP contribution in [0.25, 0.3) is 0 Å². The van der Waals surface area contributed by atoms with Crippen LogP contribution in [0.15, 0.2) is 28.7 Å². The zero-order valence-electron chi connectivity index (χ0n) is 12.3. The Morgan fingerprint density at radius 1 is 1.38 bits per heavy atom. The highest BCUT2D eigenvalue weighted by Crippen LogP contribution is 2.43. The third kappa shape index (κ3) is 3.49. The Morgan fingerprint density at radius 2 is 2.24 bits per heavy atom. The molecular formula is C17H23BrN2O. The van der Waals surface area contributed by atoms with Gasteiger partial charge in [0.1, 0.15) is 0 Å².